The fourth-order valence-electron chi connectivity index (χ4n) is 2.34. The standard InChI is InChI=1S/C19H20O5/c1-12(20)15-8-7-13(9-16(15)21)5-6-14-10-17(22-2)19(24-4)18(11-14)23-3/h5-11,21H,1-4H3/b6-5-. The summed E-state index contributed by atoms with van der Waals surface area (Å²) in [5.41, 5.74) is 1.92. The molecule has 0 bridgehead atoms. The maximum Gasteiger partial charge on any atom is 0.203 e. The Morgan fingerprint density at radius 1 is 0.917 bits per heavy atom. The molecule has 1 N–H and O–H groups in total. The van der Waals surface area contributed by atoms with E-state index in [4.69, 9.17) is 14.2 Å². The Balaban J connectivity index is 2.35. The monoisotopic (exact) mass is 328 g/mol. The Labute approximate surface area is 141 Å². The summed E-state index contributed by atoms with van der Waals surface area (Å²) in [6.07, 6.45) is 3.68. The van der Waals surface area contributed by atoms with Gasteiger partial charge in [0.15, 0.2) is 17.3 Å². The van der Waals surface area contributed by atoms with Crippen LogP contribution in [0.4, 0.5) is 0 Å². The van der Waals surface area contributed by atoms with Gasteiger partial charge < -0.3 is 19.3 Å². The molecule has 2 aromatic carbocycles. The predicted molar refractivity (Wildman–Crippen MR) is 93.1 cm³/mol. The molecule has 0 spiro atoms. The first-order valence-electron chi connectivity index (χ1n) is 7.32. The molecule has 126 valence electrons. The number of hydrogen-bond donors (Lipinski definition) is 1. The van der Waals surface area contributed by atoms with Crippen molar-refractivity contribution >= 4 is 17.9 Å². The molecular formula is C19H20O5. The normalized spacial score (nSPS) is 10.7. The third kappa shape index (κ3) is 3.68. The lowest BCUT2D eigenvalue weighted by Crippen LogP contribution is -1.95. The van der Waals surface area contributed by atoms with Gasteiger partial charge in [-0.15, -0.1) is 0 Å². The number of benzene rings is 2. The molecule has 24 heavy (non-hydrogen) atoms. The van der Waals surface area contributed by atoms with Crippen LogP contribution < -0.4 is 14.2 Å². The van der Waals surface area contributed by atoms with Crippen molar-refractivity contribution in [1.29, 1.82) is 0 Å². The van der Waals surface area contributed by atoms with Crippen LogP contribution in [0.1, 0.15) is 28.4 Å². The van der Waals surface area contributed by atoms with Crippen LogP contribution in [0.5, 0.6) is 23.0 Å². The summed E-state index contributed by atoms with van der Waals surface area (Å²) >= 11 is 0. The van der Waals surface area contributed by atoms with Crippen LogP contribution in [-0.2, 0) is 0 Å². The highest BCUT2D eigenvalue weighted by atomic mass is 16.5. The molecule has 5 heteroatoms. The molecule has 2 aromatic rings. The molecule has 0 saturated carbocycles. The van der Waals surface area contributed by atoms with Crippen molar-refractivity contribution in [3.05, 3.63) is 47.0 Å². The summed E-state index contributed by atoms with van der Waals surface area (Å²) in [5.74, 6) is 1.44. The van der Waals surface area contributed by atoms with Crippen molar-refractivity contribution in [2.75, 3.05) is 21.3 Å². The van der Waals surface area contributed by atoms with Crippen LogP contribution in [0.2, 0.25) is 0 Å². The molecule has 0 aromatic heterocycles. The van der Waals surface area contributed by atoms with E-state index in [-0.39, 0.29) is 11.5 Å². The Kier molecular flexibility index (Phi) is 5.47. The van der Waals surface area contributed by atoms with Gasteiger partial charge in [-0.3, -0.25) is 4.79 Å². The average molecular weight is 328 g/mol. The van der Waals surface area contributed by atoms with Gasteiger partial charge in [-0.25, -0.2) is 0 Å². The largest absolute Gasteiger partial charge is 0.507 e. The van der Waals surface area contributed by atoms with Crippen LogP contribution in [0, 0.1) is 0 Å². The maximum atomic E-state index is 11.3. The number of methoxy groups -OCH3 is 3. The zero-order chi connectivity index (χ0) is 17.7. The first-order valence-corrected chi connectivity index (χ1v) is 7.32. The lowest BCUT2D eigenvalue weighted by molar-refractivity contribution is 0.101. The molecule has 2 rings (SSSR count). The highest BCUT2D eigenvalue weighted by Gasteiger charge is 2.12. The van der Waals surface area contributed by atoms with E-state index in [1.807, 2.05) is 24.3 Å². The number of rotatable bonds is 6. The molecule has 0 unspecified atom stereocenters. The number of ketones is 1. The number of phenols is 1. The summed E-state index contributed by atoms with van der Waals surface area (Å²) in [5, 5.41) is 9.88. The Morgan fingerprint density at radius 2 is 1.50 bits per heavy atom. The van der Waals surface area contributed by atoms with Crippen LogP contribution in [0.25, 0.3) is 12.2 Å². The maximum absolute atomic E-state index is 11.3. The fraction of sp³-hybridized carbons (Fsp3) is 0.211. The molecular weight excluding hydrogens is 308 g/mol. The third-order valence-corrected chi connectivity index (χ3v) is 3.56. The van der Waals surface area contributed by atoms with E-state index in [1.165, 1.54) is 6.92 Å². The second-order valence-corrected chi connectivity index (χ2v) is 5.12. The highest BCUT2D eigenvalue weighted by molar-refractivity contribution is 5.97. The van der Waals surface area contributed by atoms with Crippen molar-refractivity contribution in [1.82, 2.24) is 0 Å². The van der Waals surface area contributed by atoms with Crippen molar-refractivity contribution in [3.63, 3.8) is 0 Å². The van der Waals surface area contributed by atoms with E-state index in [2.05, 4.69) is 0 Å². The van der Waals surface area contributed by atoms with Gasteiger partial charge in [0.1, 0.15) is 5.75 Å². The molecule has 0 aliphatic rings. The van der Waals surface area contributed by atoms with Gasteiger partial charge in [-0.2, -0.15) is 0 Å². The number of carbonyl (C=O) groups excluding carboxylic acids is 1. The number of hydrogen-bond acceptors (Lipinski definition) is 5. The quantitative estimate of drug-likeness (QED) is 0.645. The zero-order valence-corrected chi connectivity index (χ0v) is 14.1. The minimum atomic E-state index is -0.173. The molecule has 0 aliphatic heterocycles. The molecule has 0 amide bonds. The highest BCUT2D eigenvalue weighted by Crippen LogP contribution is 2.38. The topological polar surface area (TPSA) is 65.0 Å². The van der Waals surface area contributed by atoms with Gasteiger partial charge in [0.2, 0.25) is 5.75 Å². The zero-order valence-electron chi connectivity index (χ0n) is 14.1. The second kappa shape index (κ2) is 7.55. The van der Waals surface area contributed by atoms with E-state index < -0.39 is 0 Å². The summed E-state index contributed by atoms with van der Waals surface area (Å²) in [6.45, 7) is 1.42. The van der Waals surface area contributed by atoms with Gasteiger partial charge in [-0.1, -0.05) is 18.2 Å². The second-order valence-electron chi connectivity index (χ2n) is 5.12. The number of ether oxygens (including phenoxy) is 3. The van der Waals surface area contributed by atoms with Gasteiger partial charge in [-0.05, 0) is 42.3 Å². The number of carbonyl (C=O) groups is 1. The summed E-state index contributed by atoms with van der Waals surface area (Å²) < 4.78 is 15.9. The summed E-state index contributed by atoms with van der Waals surface area (Å²) in [7, 11) is 4.67. The smallest absolute Gasteiger partial charge is 0.203 e. The van der Waals surface area contributed by atoms with Gasteiger partial charge in [0.25, 0.3) is 0 Å². The molecule has 0 heterocycles. The Morgan fingerprint density at radius 3 is 1.96 bits per heavy atom. The van der Waals surface area contributed by atoms with E-state index in [0.717, 1.165) is 11.1 Å². The van der Waals surface area contributed by atoms with Crippen molar-refractivity contribution in [3.8, 4) is 23.0 Å². The fourth-order valence-corrected chi connectivity index (χ4v) is 2.34. The van der Waals surface area contributed by atoms with Gasteiger partial charge in [0.05, 0.1) is 26.9 Å². The molecule has 0 aliphatic carbocycles. The predicted octanol–water partition coefficient (Wildman–Crippen LogP) is 3.79. The lowest BCUT2D eigenvalue weighted by atomic mass is 10.1. The SMILES string of the molecule is COc1cc(/C=C\c2ccc(C(C)=O)c(O)c2)cc(OC)c1OC. The van der Waals surface area contributed by atoms with Crippen LogP contribution in [0.15, 0.2) is 30.3 Å². The minimum Gasteiger partial charge on any atom is -0.507 e. The third-order valence-electron chi connectivity index (χ3n) is 3.56. The Bertz CT molecular complexity index is 752. The Hall–Kier alpha value is -2.95. The van der Waals surface area contributed by atoms with Gasteiger partial charge >= 0.3 is 0 Å². The molecule has 0 saturated heterocycles. The number of aromatic hydroxyl groups is 1. The molecule has 0 fully saturated rings. The minimum absolute atomic E-state index is 0.0328. The first-order chi connectivity index (χ1) is 11.5. The van der Waals surface area contributed by atoms with Crippen LogP contribution in [-0.4, -0.2) is 32.2 Å². The lowest BCUT2D eigenvalue weighted by Gasteiger charge is -2.12. The van der Waals surface area contributed by atoms with Crippen LogP contribution in [0.3, 0.4) is 0 Å². The first kappa shape index (κ1) is 17.4. The average Bonchev–Trinajstić information content (AvgIpc) is 2.58. The van der Waals surface area contributed by atoms with E-state index in [9.17, 15) is 9.90 Å². The summed E-state index contributed by atoms with van der Waals surface area (Å²) in [6, 6.07) is 8.56. The van der Waals surface area contributed by atoms with Crippen molar-refractivity contribution < 1.29 is 24.1 Å². The molecule has 5 nitrogen and oxygen atoms in total. The number of Topliss-reactive ketones (excluding diaryl/α,β-unsaturated/α-hetero) is 1. The number of phenolic OH excluding ortho intramolecular Hbond substituents is 1. The van der Waals surface area contributed by atoms with Crippen LogP contribution >= 0.6 is 0 Å². The van der Waals surface area contributed by atoms with E-state index in [1.54, 1.807) is 39.5 Å². The summed E-state index contributed by atoms with van der Waals surface area (Å²) in [4.78, 5) is 11.3. The molecule has 0 radical (unpaired) electrons. The van der Waals surface area contributed by atoms with Crippen molar-refractivity contribution in [2.24, 2.45) is 0 Å². The van der Waals surface area contributed by atoms with E-state index >= 15 is 0 Å². The van der Waals surface area contributed by atoms with Crippen molar-refractivity contribution in [2.45, 2.75) is 6.92 Å². The molecule has 0 atom stereocenters. The van der Waals surface area contributed by atoms with E-state index in [0.29, 0.717) is 22.8 Å². The van der Waals surface area contributed by atoms with Gasteiger partial charge in [0, 0.05) is 0 Å².